The summed E-state index contributed by atoms with van der Waals surface area (Å²) < 4.78 is 11.1. The summed E-state index contributed by atoms with van der Waals surface area (Å²) >= 11 is 0. The van der Waals surface area contributed by atoms with Crippen LogP contribution in [0.15, 0.2) is 0 Å². The van der Waals surface area contributed by atoms with Crippen molar-refractivity contribution in [2.75, 3.05) is 53.0 Å². The highest BCUT2D eigenvalue weighted by Gasteiger charge is 2.42. The second kappa shape index (κ2) is 10.7. The Kier molecular flexibility index (Phi) is 7.78. The Morgan fingerprint density at radius 1 is 1.00 bits per heavy atom. The van der Waals surface area contributed by atoms with Crippen LogP contribution in [0.3, 0.4) is 0 Å². The van der Waals surface area contributed by atoms with E-state index >= 15 is 0 Å². The standard InChI is InChI=1S/C23H43N5O3/c1-29-19-6-4-17(5-7-19)16-28-10-2-3-20(28)23-25-22(26-31-23)18-8-9-24-21(15-18)27-11-13-30-14-12-27/h17-26H,2-16H2,1H3/t17?,18?,19?,20-,21?,22?,23?/m0/s1. The van der Waals surface area contributed by atoms with Gasteiger partial charge in [-0.15, -0.1) is 0 Å². The van der Waals surface area contributed by atoms with Crippen molar-refractivity contribution in [1.29, 1.82) is 0 Å². The minimum absolute atomic E-state index is 0.111. The van der Waals surface area contributed by atoms with Crippen LogP contribution in [0.25, 0.3) is 0 Å². The first kappa shape index (κ1) is 22.5. The van der Waals surface area contributed by atoms with Gasteiger partial charge >= 0.3 is 0 Å². The van der Waals surface area contributed by atoms with Crippen LogP contribution >= 0.6 is 0 Å². The predicted octanol–water partition coefficient (Wildman–Crippen LogP) is 1.09. The van der Waals surface area contributed by atoms with Crippen LogP contribution in [0.2, 0.25) is 0 Å². The van der Waals surface area contributed by atoms with Crippen LogP contribution < -0.4 is 16.1 Å². The number of piperidine rings is 1. The zero-order valence-corrected chi connectivity index (χ0v) is 19.3. The topological polar surface area (TPSA) is 70.3 Å². The van der Waals surface area contributed by atoms with E-state index in [1.807, 2.05) is 7.11 Å². The molecule has 0 spiro atoms. The van der Waals surface area contributed by atoms with E-state index in [1.54, 1.807) is 0 Å². The van der Waals surface area contributed by atoms with Crippen LogP contribution in [0.5, 0.6) is 0 Å². The fraction of sp³-hybridized carbons (Fsp3) is 1.00. The van der Waals surface area contributed by atoms with Gasteiger partial charge in [0.1, 0.15) is 6.23 Å². The van der Waals surface area contributed by atoms with E-state index in [0.29, 0.717) is 24.2 Å². The van der Waals surface area contributed by atoms with Crippen molar-refractivity contribution >= 4 is 0 Å². The van der Waals surface area contributed by atoms with Crippen molar-refractivity contribution < 1.29 is 14.3 Å². The molecular formula is C23H43N5O3. The summed E-state index contributed by atoms with van der Waals surface area (Å²) in [6.07, 6.45) is 11.3. The molecule has 5 rings (SSSR count). The monoisotopic (exact) mass is 437 g/mol. The maximum absolute atomic E-state index is 6.16. The zero-order chi connectivity index (χ0) is 21.0. The van der Waals surface area contributed by atoms with E-state index in [9.17, 15) is 0 Å². The summed E-state index contributed by atoms with van der Waals surface area (Å²) in [6, 6.07) is 0.495. The number of hydrogen-bond acceptors (Lipinski definition) is 8. The van der Waals surface area contributed by atoms with E-state index in [1.165, 1.54) is 58.0 Å². The quantitative estimate of drug-likeness (QED) is 0.571. The van der Waals surface area contributed by atoms with E-state index in [0.717, 1.165) is 45.2 Å². The van der Waals surface area contributed by atoms with Crippen molar-refractivity contribution in [2.45, 2.75) is 82.1 Å². The number of nitrogens with zero attached hydrogens (tertiary/aromatic N) is 2. The third kappa shape index (κ3) is 5.44. The highest BCUT2D eigenvalue weighted by molar-refractivity contribution is 4.93. The molecule has 5 aliphatic rings. The molecule has 4 unspecified atom stereocenters. The lowest BCUT2D eigenvalue weighted by Crippen LogP contribution is -2.57. The molecule has 178 valence electrons. The smallest absolute Gasteiger partial charge is 0.146 e. The fourth-order valence-electron chi connectivity index (χ4n) is 6.51. The number of likely N-dealkylation sites (tertiary alicyclic amines) is 1. The Hall–Kier alpha value is -0.320. The molecule has 5 atom stereocenters. The Balaban J connectivity index is 1.11. The predicted molar refractivity (Wildman–Crippen MR) is 119 cm³/mol. The van der Waals surface area contributed by atoms with Crippen molar-refractivity contribution in [1.82, 2.24) is 25.9 Å². The summed E-state index contributed by atoms with van der Waals surface area (Å²) in [4.78, 5) is 11.4. The molecule has 1 saturated carbocycles. The van der Waals surface area contributed by atoms with Gasteiger partial charge in [-0.05, 0) is 76.3 Å². The molecule has 5 fully saturated rings. The Labute approximate surface area is 187 Å². The molecule has 31 heavy (non-hydrogen) atoms. The molecule has 1 aliphatic carbocycles. The molecule has 8 heteroatoms. The maximum Gasteiger partial charge on any atom is 0.146 e. The molecule has 4 saturated heterocycles. The average Bonchev–Trinajstić information content (AvgIpc) is 3.50. The van der Waals surface area contributed by atoms with Crippen molar-refractivity contribution in [3.8, 4) is 0 Å². The van der Waals surface area contributed by atoms with Crippen LogP contribution in [0, 0.1) is 11.8 Å². The molecule has 0 aromatic carbocycles. The number of hydroxylamine groups is 1. The van der Waals surface area contributed by atoms with Gasteiger partial charge in [0.15, 0.2) is 0 Å². The number of methoxy groups -OCH3 is 1. The van der Waals surface area contributed by atoms with Gasteiger partial charge in [-0.1, -0.05) is 0 Å². The Morgan fingerprint density at radius 2 is 1.84 bits per heavy atom. The third-order valence-electron chi connectivity index (χ3n) is 8.43. The van der Waals surface area contributed by atoms with Gasteiger partial charge in [-0.25, -0.2) is 0 Å². The van der Waals surface area contributed by atoms with Crippen LogP contribution in [0.1, 0.15) is 51.4 Å². The summed E-state index contributed by atoms with van der Waals surface area (Å²) in [5, 5.41) is 7.57. The third-order valence-corrected chi connectivity index (χ3v) is 8.43. The highest BCUT2D eigenvalue weighted by atomic mass is 16.7. The van der Waals surface area contributed by atoms with Gasteiger partial charge in [-0.2, -0.15) is 5.48 Å². The molecule has 0 amide bonds. The van der Waals surface area contributed by atoms with Crippen molar-refractivity contribution in [2.24, 2.45) is 11.8 Å². The number of ether oxygens (including phenoxy) is 2. The van der Waals surface area contributed by atoms with Crippen molar-refractivity contribution in [3.63, 3.8) is 0 Å². The first-order chi connectivity index (χ1) is 15.3. The summed E-state index contributed by atoms with van der Waals surface area (Å²) in [7, 11) is 1.86. The second-order valence-corrected chi connectivity index (χ2v) is 10.3. The first-order valence-electron chi connectivity index (χ1n) is 12.8. The van der Waals surface area contributed by atoms with Gasteiger partial charge in [-0.3, -0.25) is 20.0 Å². The summed E-state index contributed by atoms with van der Waals surface area (Å²) in [5.41, 5.74) is 3.39. The van der Waals surface area contributed by atoms with Crippen LogP contribution in [0.4, 0.5) is 0 Å². The lowest BCUT2D eigenvalue weighted by molar-refractivity contribution is -0.0320. The Bertz CT molecular complexity index is 555. The molecule has 0 aromatic heterocycles. The summed E-state index contributed by atoms with van der Waals surface area (Å²) in [6.45, 7) is 7.32. The van der Waals surface area contributed by atoms with E-state index in [2.05, 4.69) is 25.9 Å². The van der Waals surface area contributed by atoms with E-state index in [4.69, 9.17) is 14.3 Å². The van der Waals surface area contributed by atoms with E-state index < -0.39 is 0 Å². The van der Waals surface area contributed by atoms with Gasteiger partial charge in [0.2, 0.25) is 0 Å². The largest absolute Gasteiger partial charge is 0.381 e. The molecular weight excluding hydrogens is 394 g/mol. The van der Waals surface area contributed by atoms with Crippen LogP contribution in [-0.2, 0) is 14.3 Å². The SMILES string of the molecule is COC1CCC(CN2CCC[C@H]2C2NC(C3CCNC(N4CCOCC4)C3)NO2)CC1. The van der Waals surface area contributed by atoms with E-state index in [-0.39, 0.29) is 12.4 Å². The van der Waals surface area contributed by atoms with Gasteiger partial charge < -0.3 is 14.8 Å². The molecule has 0 radical (unpaired) electrons. The second-order valence-electron chi connectivity index (χ2n) is 10.3. The molecule has 8 nitrogen and oxygen atoms in total. The Morgan fingerprint density at radius 3 is 2.65 bits per heavy atom. The number of hydrogen-bond donors (Lipinski definition) is 3. The normalized spacial score (nSPS) is 43.5. The van der Waals surface area contributed by atoms with Crippen molar-refractivity contribution in [3.05, 3.63) is 0 Å². The van der Waals surface area contributed by atoms with Gasteiger partial charge in [0.05, 0.1) is 37.7 Å². The maximum atomic E-state index is 6.16. The minimum Gasteiger partial charge on any atom is -0.381 e. The lowest BCUT2D eigenvalue weighted by Gasteiger charge is -2.41. The zero-order valence-electron chi connectivity index (χ0n) is 19.3. The molecule has 3 N–H and O–H groups in total. The number of rotatable bonds is 6. The van der Waals surface area contributed by atoms with Crippen LogP contribution in [-0.4, -0.2) is 93.6 Å². The molecule has 4 heterocycles. The molecule has 0 aromatic rings. The average molecular weight is 438 g/mol. The highest BCUT2D eigenvalue weighted by Crippen LogP contribution is 2.31. The molecule has 0 bridgehead atoms. The fourth-order valence-corrected chi connectivity index (χ4v) is 6.51. The molecule has 4 aliphatic heterocycles. The number of morpholine rings is 1. The minimum atomic E-state index is 0.111. The van der Waals surface area contributed by atoms with Gasteiger partial charge in [0.25, 0.3) is 0 Å². The first-order valence-corrected chi connectivity index (χ1v) is 12.8. The summed E-state index contributed by atoms with van der Waals surface area (Å²) in [5.74, 6) is 1.41. The number of nitrogens with one attached hydrogen (secondary N) is 3. The van der Waals surface area contributed by atoms with Gasteiger partial charge in [0, 0.05) is 26.7 Å². The lowest BCUT2D eigenvalue weighted by atomic mass is 9.87.